The van der Waals surface area contributed by atoms with Gasteiger partial charge in [0.05, 0.1) is 11.1 Å². The second kappa shape index (κ2) is 7.09. The molecule has 0 unspecified atom stereocenters. The van der Waals surface area contributed by atoms with Crippen LogP contribution >= 0.6 is 0 Å². The summed E-state index contributed by atoms with van der Waals surface area (Å²) in [5.41, 5.74) is 2.16. The van der Waals surface area contributed by atoms with Gasteiger partial charge >= 0.3 is 12.1 Å². The lowest BCUT2D eigenvalue weighted by Gasteiger charge is -2.07. The van der Waals surface area contributed by atoms with Crippen molar-refractivity contribution in [2.75, 3.05) is 0 Å². The van der Waals surface area contributed by atoms with Crippen molar-refractivity contribution in [3.8, 4) is 11.1 Å². The van der Waals surface area contributed by atoms with Gasteiger partial charge in [0.25, 0.3) is 0 Å². The molecule has 0 fully saturated rings. The first kappa shape index (κ1) is 18.7. The van der Waals surface area contributed by atoms with E-state index in [2.05, 4.69) is 4.98 Å². The Morgan fingerprint density at radius 1 is 1.00 bits per heavy atom. The molecular weight excluding hydrogens is 383 g/mol. The highest BCUT2D eigenvalue weighted by Crippen LogP contribution is 2.32. The number of nitrogens with zero attached hydrogens (tertiary/aromatic N) is 1. The van der Waals surface area contributed by atoms with Gasteiger partial charge in [-0.2, -0.15) is 13.2 Å². The molecule has 0 saturated heterocycles. The zero-order valence-electron chi connectivity index (χ0n) is 14.9. The third-order valence-electron chi connectivity index (χ3n) is 4.49. The van der Waals surface area contributed by atoms with Crippen LogP contribution < -0.4 is 0 Å². The Kier molecular flexibility index (Phi) is 4.58. The van der Waals surface area contributed by atoms with Gasteiger partial charge in [0.15, 0.2) is 11.5 Å². The van der Waals surface area contributed by atoms with Crippen LogP contribution in [-0.4, -0.2) is 16.1 Å². The van der Waals surface area contributed by atoms with Crippen molar-refractivity contribution in [2.45, 2.75) is 12.6 Å². The smallest absolute Gasteiger partial charge is 0.416 e. The fraction of sp³-hybridized carbons (Fsp3) is 0.0909. The molecule has 3 aromatic carbocycles. The number of oxazole rings is 1. The third-order valence-corrected chi connectivity index (χ3v) is 4.49. The van der Waals surface area contributed by atoms with Crippen molar-refractivity contribution in [1.82, 2.24) is 4.98 Å². The van der Waals surface area contributed by atoms with E-state index in [1.165, 1.54) is 18.2 Å². The molecular formula is C22H14F3NO3. The lowest BCUT2D eigenvalue weighted by atomic mass is 10.0. The maximum absolute atomic E-state index is 12.9. The summed E-state index contributed by atoms with van der Waals surface area (Å²) in [5.74, 6) is -0.761. The quantitative estimate of drug-likeness (QED) is 0.473. The Morgan fingerprint density at radius 2 is 1.76 bits per heavy atom. The van der Waals surface area contributed by atoms with Gasteiger partial charge in [-0.1, -0.05) is 42.5 Å². The number of para-hydroxylation sites is 1. The molecule has 0 bridgehead atoms. The molecule has 0 spiro atoms. The summed E-state index contributed by atoms with van der Waals surface area (Å²) in [4.78, 5) is 15.6. The fourth-order valence-electron chi connectivity index (χ4n) is 3.15. The number of hydrogen-bond donors (Lipinski definition) is 1. The minimum absolute atomic E-state index is 0.104. The van der Waals surface area contributed by atoms with E-state index >= 15 is 0 Å². The van der Waals surface area contributed by atoms with Crippen LogP contribution in [0.25, 0.3) is 22.2 Å². The number of aromatic carboxylic acids is 1. The van der Waals surface area contributed by atoms with Crippen molar-refractivity contribution >= 4 is 17.1 Å². The molecule has 1 heterocycles. The van der Waals surface area contributed by atoms with E-state index in [0.29, 0.717) is 27.8 Å². The molecule has 146 valence electrons. The Labute approximate surface area is 163 Å². The number of carbonyl (C=O) groups is 1. The molecule has 0 amide bonds. The summed E-state index contributed by atoms with van der Waals surface area (Å²) in [6, 6.07) is 16.7. The highest BCUT2D eigenvalue weighted by atomic mass is 19.4. The number of carboxylic acid groups (broad SMARTS) is 1. The fourth-order valence-corrected chi connectivity index (χ4v) is 3.15. The number of rotatable bonds is 4. The topological polar surface area (TPSA) is 63.3 Å². The maximum Gasteiger partial charge on any atom is 0.416 e. The van der Waals surface area contributed by atoms with E-state index < -0.39 is 17.7 Å². The molecule has 4 aromatic rings. The lowest BCUT2D eigenvalue weighted by Crippen LogP contribution is -2.05. The predicted molar refractivity (Wildman–Crippen MR) is 101 cm³/mol. The van der Waals surface area contributed by atoms with E-state index in [9.17, 15) is 23.1 Å². The number of fused-ring (bicyclic) bond motifs is 1. The van der Waals surface area contributed by atoms with Crippen molar-refractivity contribution in [3.05, 3.63) is 89.3 Å². The van der Waals surface area contributed by atoms with Crippen molar-refractivity contribution < 1.29 is 27.5 Å². The molecule has 0 aliphatic heterocycles. The second-order valence-corrected chi connectivity index (χ2v) is 6.52. The lowest BCUT2D eigenvalue weighted by molar-refractivity contribution is -0.137. The number of halogens is 3. The van der Waals surface area contributed by atoms with Crippen LogP contribution in [0.1, 0.15) is 27.4 Å². The zero-order chi connectivity index (χ0) is 20.6. The summed E-state index contributed by atoms with van der Waals surface area (Å²) in [7, 11) is 0. The summed E-state index contributed by atoms with van der Waals surface area (Å²) in [6.45, 7) is 0. The number of benzene rings is 3. The van der Waals surface area contributed by atoms with Crippen LogP contribution in [0.3, 0.4) is 0 Å². The van der Waals surface area contributed by atoms with Gasteiger partial charge in [-0.25, -0.2) is 9.78 Å². The number of hydrogen-bond acceptors (Lipinski definition) is 3. The van der Waals surface area contributed by atoms with Gasteiger partial charge in [-0.3, -0.25) is 0 Å². The molecule has 1 aromatic heterocycles. The highest BCUT2D eigenvalue weighted by molar-refractivity contribution is 5.94. The van der Waals surface area contributed by atoms with E-state index in [1.807, 2.05) is 0 Å². The molecule has 0 aliphatic carbocycles. The zero-order valence-corrected chi connectivity index (χ0v) is 14.9. The molecule has 1 N–H and O–H groups in total. The summed E-state index contributed by atoms with van der Waals surface area (Å²) in [6.07, 6.45) is -4.31. The third kappa shape index (κ3) is 3.85. The average molecular weight is 397 g/mol. The van der Waals surface area contributed by atoms with E-state index in [1.54, 1.807) is 36.4 Å². The Bertz CT molecular complexity index is 1210. The first-order valence-corrected chi connectivity index (χ1v) is 8.69. The van der Waals surface area contributed by atoms with Crippen molar-refractivity contribution in [2.24, 2.45) is 0 Å². The van der Waals surface area contributed by atoms with Gasteiger partial charge < -0.3 is 9.52 Å². The number of aromatic nitrogens is 1. The highest BCUT2D eigenvalue weighted by Gasteiger charge is 2.30. The Balaban J connectivity index is 1.72. The normalized spacial score (nSPS) is 11.7. The maximum atomic E-state index is 12.9. The van der Waals surface area contributed by atoms with Gasteiger partial charge in [0.2, 0.25) is 0 Å². The Hall–Kier alpha value is -3.61. The minimum atomic E-state index is -4.42. The first-order valence-electron chi connectivity index (χ1n) is 8.69. The van der Waals surface area contributed by atoms with E-state index in [0.717, 1.165) is 12.1 Å². The van der Waals surface area contributed by atoms with Crippen LogP contribution in [0, 0.1) is 0 Å². The molecule has 29 heavy (non-hydrogen) atoms. The van der Waals surface area contributed by atoms with Crippen LogP contribution in [0.5, 0.6) is 0 Å². The van der Waals surface area contributed by atoms with Gasteiger partial charge in [0, 0.05) is 12.0 Å². The van der Waals surface area contributed by atoms with Crippen molar-refractivity contribution in [3.63, 3.8) is 0 Å². The van der Waals surface area contributed by atoms with E-state index in [4.69, 9.17) is 4.42 Å². The minimum Gasteiger partial charge on any atom is -0.478 e. The molecule has 4 rings (SSSR count). The molecule has 7 heteroatoms. The molecule has 4 nitrogen and oxygen atoms in total. The van der Waals surface area contributed by atoms with Crippen LogP contribution in [0.15, 0.2) is 71.1 Å². The Morgan fingerprint density at radius 3 is 2.52 bits per heavy atom. The average Bonchev–Trinajstić information content (AvgIpc) is 3.10. The SMILES string of the molecule is O=C(O)c1cccc(-c2cccc3nc(Cc4cccc(C(F)(F)F)c4)oc23)c1. The van der Waals surface area contributed by atoms with Crippen LogP contribution in [0.2, 0.25) is 0 Å². The van der Waals surface area contributed by atoms with Crippen LogP contribution in [0.4, 0.5) is 13.2 Å². The summed E-state index contributed by atoms with van der Waals surface area (Å²) >= 11 is 0. The largest absolute Gasteiger partial charge is 0.478 e. The predicted octanol–water partition coefficient (Wildman–Crippen LogP) is 5.80. The molecule has 0 atom stereocenters. The van der Waals surface area contributed by atoms with Gasteiger partial charge in [-0.05, 0) is 35.4 Å². The number of alkyl halides is 3. The molecule has 0 radical (unpaired) electrons. The summed E-state index contributed by atoms with van der Waals surface area (Å²) < 4.78 is 44.6. The monoisotopic (exact) mass is 397 g/mol. The standard InChI is InChI=1S/C22H14F3NO3/c23-22(24,25)16-7-1-4-13(10-16)11-19-26-18-9-3-8-17(20(18)29-19)14-5-2-6-15(12-14)21(27)28/h1-10,12H,11H2,(H,27,28). The number of carboxylic acids is 1. The van der Waals surface area contributed by atoms with Crippen molar-refractivity contribution in [1.29, 1.82) is 0 Å². The van der Waals surface area contributed by atoms with Gasteiger partial charge in [-0.15, -0.1) is 0 Å². The molecule has 0 aliphatic rings. The van der Waals surface area contributed by atoms with Gasteiger partial charge in [0.1, 0.15) is 5.52 Å². The summed E-state index contributed by atoms with van der Waals surface area (Å²) in [5, 5.41) is 9.20. The molecule has 0 saturated carbocycles. The second-order valence-electron chi connectivity index (χ2n) is 6.52. The van der Waals surface area contributed by atoms with Crippen LogP contribution in [-0.2, 0) is 12.6 Å². The van der Waals surface area contributed by atoms with E-state index in [-0.39, 0.29) is 17.9 Å². The first-order chi connectivity index (χ1) is 13.8.